The Bertz CT molecular complexity index is 642. The maximum atomic E-state index is 11.4. The van der Waals surface area contributed by atoms with Crippen LogP contribution < -0.4 is 4.74 Å². The second-order valence-electron chi connectivity index (χ2n) is 6.38. The number of esters is 1. The standard InChI is InChI=1S/C21H26O3/c1-15(2)17-9-11-20(12-10-17)24-14-13-16(3)18-5-7-19(8-6-18)21(22)23-4/h5-12,15-16H,13-14H2,1-4H3. The lowest BCUT2D eigenvalue weighted by molar-refractivity contribution is 0.0600. The zero-order valence-corrected chi connectivity index (χ0v) is 14.9. The first-order valence-corrected chi connectivity index (χ1v) is 8.42. The molecule has 2 rings (SSSR count). The molecular weight excluding hydrogens is 300 g/mol. The molecule has 0 aliphatic rings. The summed E-state index contributed by atoms with van der Waals surface area (Å²) in [5, 5.41) is 0. The largest absolute Gasteiger partial charge is 0.494 e. The summed E-state index contributed by atoms with van der Waals surface area (Å²) in [4.78, 5) is 11.4. The van der Waals surface area contributed by atoms with E-state index in [1.807, 2.05) is 36.4 Å². The van der Waals surface area contributed by atoms with Gasteiger partial charge in [-0.2, -0.15) is 0 Å². The lowest BCUT2D eigenvalue weighted by atomic mass is 9.97. The van der Waals surface area contributed by atoms with Crippen LogP contribution in [0.25, 0.3) is 0 Å². The first-order valence-electron chi connectivity index (χ1n) is 8.42. The first kappa shape index (κ1) is 18.1. The molecule has 1 atom stereocenters. The van der Waals surface area contributed by atoms with Crippen LogP contribution in [0.5, 0.6) is 5.75 Å². The van der Waals surface area contributed by atoms with Crippen LogP contribution in [0.15, 0.2) is 48.5 Å². The second kappa shape index (κ2) is 8.53. The van der Waals surface area contributed by atoms with Crippen LogP contribution in [0.2, 0.25) is 0 Å². The van der Waals surface area contributed by atoms with E-state index in [1.54, 1.807) is 0 Å². The molecule has 2 aromatic rings. The summed E-state index contributed by atoms with van der Waals surface area (Å²) in [5.41, 5.74) is 3.10. The predicted molar refractivity (Wildman–Crippen MR) is 96.8 cm³/mol. The van der Waals surface area contributed by atoms with Crippen molar-refractivity contribution < 1.29 is 14.3 Å². The van der Waals surface area contributed by atoms with Gasteiger partial charge in [-0.15, -0.1) is 0 Å². The van der Waals surface area contributed by atoms with E-state index in [1.165, 1.54) is 18.2 Å². The van der Waals surface area contributed by atoms with E-state index in [4.69, 9.17) is 9.47 Å². The van der Waals surface area contributed by atoms with Gasteiger partial charge in [0.15, 0.2) is 0 Å². The van der Waals surface area contributed by atoms with Crippen LogP contribution >= 0.6 is 0 Å². The Hall–Kier alpha value is -2.29. The van der Waals surface area contributed by atoms with Crippen molar-refractivity contribution >= 4 is 5.97 Å². The Morgan fingerprint density at radius 1 is 0.917 bits per heavy atom. The molecule has 0 heterocycles. The third kappa shape index (κ3) is 4.85. The molecule has 1 unspecified atom stereocenters. The number of benzene rings is 2. The number of ether oxygens (including phenoxy) is 2. The number of hydrogen-bond donors (Lipinski definition) is 0. The minimum absolute atomic E-state index is 0.303. The zero-order valence-electron chi connectivity index (χ0n) is 14.9. The van der Waals surface area contributed by atoms with E-state index in [2.05, 4.69) is 32.9 Å². The molecule has 3 nitrogen and oxygen atoms in total. The molecule has 128 valence electrons. The summed E-state index contributed by atoms with van der Waals surface area (Å²) in [6.45, 7) is 7.20. The number of methoxy groups -OCH3 is 1. The van der Waals surface area contributed by atoms with Crippen LogP contribution in [0.4, 0.5) is 0 Å². The van der Waals surface area contributed by atoms with Gasteiger partial charge < -0.3 is 9.47 Å². The number of rotatable bonds is 7. The van der Waals surface area contributed by atoms with Gasteiger partial charge in [0.05, 0.1) is 19.3 Å². The Morgan fingerprint density at radius 2 is 1.50 bits per heavy atom. The van der Waals surface area contributed by atoms with Crippen molar-refractivity contribution in [1.82, 2.24) is 0 Å². The monoisotopic (exact) mass is 326 g/mol. The van der Waals surface area contributed by atoms with Crippen molar-refractivity contribution in [1.29, 1.82) is 0 Å². The van der Waals surface area contributed by atoms with E-state index in [9.17, 15) is 4.79 Å². The highest BCUT2D eigenvalue weighted by molar-refractivity contribution is 5.89. The van der Waals surface area contributed by atoms with Gasteiger partial charge in [0.25, 0.3) is 0 Å². The number of carbonyl (C=O) groups excluding carboxylic acids is 1. The van der Waals surface area contributed by atoms with Crippen molar-refractivity contribution in [3.8, 4) is 5.75 Å². The fourth-order valence-electron chi connectivity index (χ4n) is 2.53. The molecule has 0 N–H and O–H groups in total. The van der Waals surface area contributed by atoms with Crippen LogP contribution in [0.3, 0.4) is 0 Å². The minimum atomic E-state index is -0.303. The van der Waals surface area contributed by atoms with Gasteiger partial charge in [-0.05, 0) is 53.6 Å². The van der Waals surface area contributed by atoms with Crippen molar-refractivity contribution in [2.75, 3.05) is 13.7 Å². The van der Waals surface area contributed by atoms with Crippen molar-refractivity contribution in [3.63, 3.8) is 0 Å². The molecule has 0 aliphatic heterocycles. The van der Waals surface area contributed by atoms with Gasteiger partial charge in [0.1, 0.15) is 5.75 Å². The third-order valence-corrected chi connectivity index (χ3v) is 4.27. The normalized spacial score (nSPS) is 12.0. The van der Waals surface area contributed by atoms with Gasteiger partial charge in [-0.1, -0.05) is 45.0 Å². The number of hydrogen-bond acceptors (Lipinski definition) is 3. The Balaban J connectivity index is 1.84. The minimum Gasteiger partial charge on any atom is -0.494 e. The Morgan fingerprint density at radius 3 is 2.04 bits per heavy atom. The molecule has 0 aliphatic carbocycles. The van der Waals surface area contributed by atoms with Gasteiger partial charge >= 0.3 is 5.97 Å². The van der Waals surface area contributed by atoms with E-state index in [0.717, 1.165) is 12.2 Å². The average molecular weight is 326 g/mol. The molecule has 3 heteroatoms. The fraction of sp³-hybridized carbons (Fsp3) is 0.381. The lowest BCUT2D eigenvalue weighted by Crippen LogP contribution is -2.05. The average Bonchev–Trinajstić information content (AvgIpc) is 2.61. The molecule has 0 saturated heterocycles. The lowest BCUT2D eigenvalue weighted by Gasteiger charge is -2.14. The molecule has 0 bridgehead atoms. The molecule has 0 saturated carbocycles. The van der Waals surface area contributed by atoms with Gasteiger partial charge in [-0.25, -0.2) is 4.79 Å². The van der Waals surface area contributed by atoms with Crippen molar-refractivity contribution in [2.24, 2.45) is 0 Å². The summed E-state index contributed by atoms with van der Waals surface area (Å²) in [5.74, 6) is 1.51. The summed E-state index contributed by atoms with van der Waals surface area (Å²) in [6.07, 6.45) is 0.920. The Labute approximate surface area is 144 Å². The smallest absolute Gasteiger partial charge is 0.337 e. The van der Waals surface area contributed by atoms with E-state index < -0.39 is 0 Å². The highest BCUT2D eigenvalue weighted by atomic mass is 16.5. The van der Waals surface area contributed by atoms with Crippen LogP contribution in [-0.4, -0.2) is 19.7 Å². The Kier molecular flexibility index (Phi) is 6.42. The molecule has 0 fully saturated rings. The second-order valence-corrected chi connectivity index (χ2v) is 6.38. The van der Waals surface area contributed by atoms with Gasteiger partial charge in [0.2, 0.25) is 0 Å². The molecule has 0 spiro atoms. The van der Waals surface area contributed by atoms with Crippen LogP contribution in [-0.2, 0) is 4.74 Å². The summed E-state index contributed by atoms with van der Waals surface area (Å²) in [7, 11) is 1.39. The summed E-state index contributed by atoms with van der Waals surface area (Å²) < 4.78 is 10.6. The van der Waals surface area contributed by atoms with Crippen LogP contribution in [0, 0.1) is 0 Å². The molecular formula is C21H26O3. The highest BCUT2D eigenvalue weighted by Crippen LogP contribution is 2.22. The van der Waals surface area contributed by atoms with Crippen molar-refractivity contribution in [2.45, 2.75) is 39.0 Å². The predicted octanol–water partition coefficient (Wildman–Crippen LogP) is 5.17. The third-order valence-electron chi connectivity index (χ3n) is 4.27. The first-order chi connectivity index (χ1) is 11.5. The number of carbonyl (C=O) groups is 1. The molecule has 0 radical (unpaired) electrons. The van der Waals surface area contributed by atoms with Crippen molar-refractivity contribution in [3.05, 3.63) is 65.2 Å². The topological polar surface area (TPSA) is 35.5 Å². The highest BCUT2D eigenvalue weighted by Gasteiger charge is 2.09. The zero-order chi connectivity index (χ0) is 17.5. The fourth-order valence-corrected chi connectivity index (χ4v) is 2.53. The maximum absolute atomic E-state index is 11.4. The van der Waals surface area contributed by atoms with Gasteiger partial charge in [-0.3, -0.25) is 0 Å². The van der Waals surface area contributed by atoms with Crippen LogP contribution in [0.1, 0.15) is 60.5 Å². The van der Waals surface area contributed by atoms with E-state index in [-0.39, 0.29) is 5.97 Å². The van der Waals surface area contributed by atoms with Gasteiger partial charge in [0, 0.05) is 0 Å². The molecule has 0 aromatic heterocycles. The SMILES string of the molecule is COC(=O)c1ccc(C(C)CCOc2ccc(C(C)C)cc2)cc1. The summed E-state index contributed by atoms with van der Waals surface area (Å²) in [6, 6.07) is 15.9. The van der Waals surface area contributed by atoms with E-state index >= 15 is 0 Å². The molecule has 2 aromatic carbocycles. The quantitative estimate of drug-likeness (QED) is 0.659. The maximum Gasteiger partial charge on any atom is 0.337 e. The molecule has 24 heavy (non-hydrogen) atoms. The summed E-state index contributed by atoms with van der Waals surface area (Å²) >= 11 is 0. The molecule has 0 amide bonds. The van der Waals surface area contributed by atoms with E-state index in [0.29, 0.717) is 24.0 Å².